The van der Waals surface area contributed by atoms with E-state index in [1.807, 2.05) is 27.7 Å². The normalized spacial score (nSPS) is 22.3. The summed E-state index contributed by atoms with van der Waals surface area (Å²) in [5.74, 6) is -0.572. The number of carbonyl (C=O) groups is 2. The summed E-state index contributed by atoms with van der Waals surface area (Å²) in [6.45, 7) is 16.7. The SMILES string of the molecule is CC(C)C(NC(=O)OC(C)(C)C)C(=O)N1CC[C@@H](S(=O)(=O)c2ncc(B3OC(C)(C)C(C)(C)O3)cn2)C1. The van der Waals surface area contributed by atoms with Crippen LogP contribution in [-0.2, 0) is 28.7 Å². The van der Waals surface area contributed by atoms with Gasteiger partial charge >= 0.3 is 13.2 Å². The summed E-state index contributed by atoms with van der Waals surface area (Å²) in [7, 11) is -4.60. The van der Waals surface area contributed by atoms with Crippen LogP contribution in [0, 0.1) is 5.92 Å². The lowest BCUT2D eigenvalue weighted by molar-refractivity contribution is -0.133. The Bertz CT molecular complexity index is 1100. The number of alkyl carbamates (subject to hydrolysis) is 1. The van der Waals surface area contributed by atoms with Crippen molar-refractivity contribution >= 4 is 34.4 Å². The lowest BCUT2D eigenvalue weighted by atomic mass is 9.81. The predicted molar refractivity (Wildman–Crippen MR) is 138 cm³/mol. The molecular formula is C24H39BN4O7S. The van der Waals surface area contributed by atoms with E-state index in [4.69, 9.17) is 14.0 Å². The van der Waals surface area contributed by atoms with Gasteiger partial charge in [-0.3, -0.25) is 4.79 Å². The van der Waals surface area contributed by atoms with E-state index in [0.717, 1.165) is 0 Å². The van der Waals surface area contributed by atoms with Gasteiger partial charge < -0.3 is 24.3 Å². The topological polar surface area (TPSA) is 137 Å². The number of hydrogen-bond acceptors (Lipinski definition) is 9. The third-order valence-electron chi connectivity index (χ3n) is 6.93. The molecule has 11 nitrogen and oxygen atoms in total. The van der Waals surface area contributed by atoms with Crippen molar-refractivity contribution < 1.29 is 32.1 Å². The van der Waals surface area contributed by atoms with E-state index in [-0.39, 0.29) is 36.5 Å². The van der Waals surface area contributed by atoms with Gasteiger partial charge in [-0.1, -0.05) is 13.8 Å². The molecular weight excluding hydrogens is 499 g/mol. The Morgan fingerprint density at radius 3 is 2.16 bits per heavy atom. The fraction of sp³-hybridized carbons (Fsp3) is 0.750. The number of amides is 2. The van der Waals surface area contributed by atoms with Crippen molar-refractivity contribution in [3.05, 3.63) is 12.4 Å². The van der Waals surface area contributed by atoms with Crippen LogP contribution in [0.1, 0.15) is 68.7 Å². The largest absolute Gasteiger partial charge is 0.498 e. The molecule has 2 aliphatic rings. The summed E-state index contributed by atoms with van der Waals surface area (Å²) in [6.07, 6.45) is 2.35. The van der Waals surface area contributed by atoms with Crippen LogP contribution >= 0.6 is 0 Å². The predicted octanol–water partition coefficient (Wildman–Crippen LogP) is 1.70. The van der Waals surface area contributed by atoms with Crippen molar-refractivity contribution in [2.45, 2.75) is 102 Å². The van der Waals surface area contributed by atoms with E-state index < -0.39 is 51.1 Å². The fourth-order valence-electron chi connectivity index (χ4n) is 4.05. The molecule has 2 saturated heterocycles. The van der Waals surface area contributed by atoms with E-state index in [1.165, 1.54) is 17.3 Å². The van der Waals surface area contributed by atoms with Crippen LogP contribution in [-0.4, -0.2) is 83.6 Å². The zero-order chi connectivity index (χ0) is 28.0. The molecule has 2 atom stereocenters. The van der Waals surface area contributed by atoms with E-state index >= 15 is 0 Å². The highest BCUT2D eigenvalue weighted by atomic mass is 32.2. The van der Waals surface area contributed by atoms with Gasteiger partial charge in [-0.25, -0.2) is 23.2 Å². The molecule has 2 aliphatic heterocycles. The van der Waals surface area contributed by atoms with Crippen LogP contribution < -0.4 is 10.8 Å². The minimum absolute atomic E-state index is 0.0112. The van der Waals surface area contributed by atoms with Crippen LogP contribution in [0.25, 0.3) is 0 Å². The van der Waals surface area contributed by atoms with E-state index in [0.29, 0.717) is 5.46 Å². The molecule has 0 aliphatic carbocycles. The first-order chi connectivity index (χ1) is 16.8. The molecule has 3 heterocycles. The highest BCUT2D eigenvalue weighted by Gasteiger charge is 2.52. The first-order valence-electron chi connectivity index (χ1n) is 12.5. The van der Waals surface area contributed by atoms with Crippen molar-refractivity contribution in [2.75, 3.05) is 13.1 Å². The zero-order valence-corrected chi connectivity index (χ0v) is 24.0. The van der Waals surface area contributed by atoms with Gasteiger partial charge in [-0.05, 0) is 60.8 Å². The fourth-order valence-corrected chi connectivity index (χ4v) is 5.54. The number of hydrogen-bond donors (Lipinski definition) is 1. The summed E-state index contributed by atoms with van der Waals surface area (Å²) in [5, 5.41) is 1.47. The maximum atomic E-state index is 13.3. The van der Waals surface area contributed by atoms with Crippen molar-refractivity contribution in [1.29, 1.82) is 0 Å². The molecule has 0 bridgehead atoms. The number of sulfone groups is 1. The van der Waals surface area contributed by atoms with Gasteiger partial charge in [-0.15, -0.1) is 0 Å². The molecule has 1 aromatic rings. The molecule has 3 rings (SSSR count). The average molecular weight is 538 g/mol. The Kier molecular flexibility index (Phi) is 8.04. The van der Waals surface area contributed by atoms with E-state index in [9.17, 15) is 18.0 Å². The number of aromatic nitrogens is 2. The summed E-state index contributed by atoms with van der Waals surface area (Å²) in [4.78, 5) is 35.1. The maximum Gasteiger partial charge on any atom is 0.498 e. The Morgan fingerprint density at radius 2 is 1.68 bits per heavy atom. The molecule has 2 fully saturated rings. The molecule has 1 aromatic heterocycles. The first kappa shape index (κ1) is 29.3. The maximum absolute atomic E-state index is 13.3. The minimum atomic E-state index is -3.89. The second kappa shape index (κ2) is 10.1. The van der Waals surface area contributed by atoms with Crippen LogP contribution in [0.3, 0.4) is 0 Å². The number of ether oxygens (including phenoxy) is 1. The molecule has 2 amide bonds. The van der Waals surface area contributed by atoms with Crippen molar-refractivity contribution in [2.24, 2.45) is 5.92 Å². The summed E-state index contributed by atoms with van der Waals surface area (Å²) in [5.41, 5.74) is -1.28. The van der Waals surface area contributed by atoms with Gasteiger partial charge in [-0.2, -0.15) is 0 Å². The summed E-state index contributed by atoms with van der Waals surface area (Å²) in [6, 6.07) is -0.841. The van der Waals surface area contributed by atoms with Gasteiger partial charge in [0.15, 0.2) is 0 Å². The first-order valence-corrected chi connectivity index (χ1v) is 14.1. The lowest BCUT2D eigenvalue weighted by Crippen LogP contribution is -2.52. The van der Waals surface area contributed by atoms with Crippen molar-refractivity contribution in [3.8, 4) is 0 Å². The lowest BCUT2D eigenvalue weighted by Gasteiger charge is -2.32. The minimum Gasteiger partial charge on any atom is -0.444 e. The number of rotatable bonds is 6. The Balaban J connectivity index is 1.68. The monoisotopic (exact) mass is 538 g/mol. The number of nitrogens with zero attached hydrogens (tertiary/aromatic N) is 3. The van der Waals surface area contributed by atoms with Crippen LogP contribution in [0.2, 0.25) is 0 Å². The smallest absolute Gasteiger partial charge is 0.444 e. The van der Waals surface area contributed by atoms with Crippen molar-refractivity contribution in [3.63, 3.8) is 0 Å². The van der Waals surface area contributed by atoms with Gasteiger partial charge in [0.1, 0.15) is 11.6 Å². The van der Waals surface area contributed by atoms with Crippen LogP contribution in [0.15, 0.2) is 17.6 Å². The Morgan fingerprint density at radius 1 is 1.14 bits per heavy atom. The van der Waals surface area contributed by atoms with Gasteiger partial charge in [0, 0.05) is 30.9 Å². The highest BCUT2D eigenvalue weighted by molar-refractivity contribution is 7.91. The van der Waals surface area contributed by atoms with Gasteiger partial charge in [0.2, 0.25) is 20.9 Å². The highest BCUT2D eigenvalue weighted by Crippen LogP contribution is 2.36. The van der Waals surface area contributed by atoms with E-state index in [1.54, 1.807) is 34.6 Å². The Labute approximate surface area is 220 Å². The molecule has 13 heteroatoms. The van der Waals surface area contributed by atoms with Gasteiger partial charge in [0.25, 0.3) is 0 Å². The standard InChI is InChI=1S/C24H39BN4O7S/c1-15(2)18(28-21(31)34-22(3,4)5)19(30)29-11-10-17(14-29)37(32,33)20-26-12-16(13-27-20)25-35-23(6,7)24(8,9)36-25/h12-13,15,17-18H,10-11,14H2,1-9H3,(H,28,31)/t17-,18?/m1/s1. The second-order valence-corrected chi connectivity index (χ2v) is 14.1. The molecule has 1 N–H and O–H groups in total. The quantitative estimate of drug-likeness (QED) is 0.424. The summed E-state index contributed by atoms with van der Waals surface area (Å²) < 4.78 is 43.8. The average Bonchev–Trinajstić information content (AvgIpc) is 3.33. The molecule has 206 valence electrons. The van der Waals surface area contributed by atoms with E-state index in [2.05, 4.69) is 15.3 Å². The molecule has 0 saturated carbocycles. The van der Waals surface area contributed by atoms with Crippen LogP contribution in [0.5, 0.6) is 0 Å². The molecule has 37 heavy (non-hydrogen) atoms. The molecule has 0 radical (unpaired) electrons. The molecule has 0 spiro atoms. The second-order valence-electron chi connectivity index (χ2n) is 12.0. The third kappa shape index (κ3) is 6.43. The van der Waals surface area contributed by atoms with Gasteiger partial charge in [0.05, 0.1) is 16.5 Å². The Hall–Kier alpha value is -2.25. The number of likely N-dealkylation sites (tertiary alicyclic amines) is 1. The number of nitrogens with one attached hydrogen (secondary N) is 1. The number of carbonyl (C=O) groups excluding carboxylic acids is 2. The van der Waals surface area contributed by atoms with Crippen molar-refractivity contribution in [1.82, 2.24) is 20.2 Å². The molecule has 1 unspecified atom stereocenters. The zero-order valence-electron chi connectivity index (χ0n) is 23.2. The third-order valence-corrected chi connectivity index (χ3v) is 8.91. The molecule has 0 aromatic carbocycles. The van der Waals surface area contributed by atoms with Crippen LogP contribution in [0.4, 0.5) is 4.79 Å². The summed E-state index contributed by atoms with van der Waals surface area (Å²) >= 11 is 0.